The molecule has 0 saturated carbocycles. The quantitative estimate of drug-likeness (QED) is 0.777. The maximum atomic E-state index is 12.8. The highest BCUT2D eigenvalue weighted by atomic mass is 35.5. The van der Waals surface area contributed by atoms with E-state index in [0.717, 1.165) is 26.1 Å². The van der Waals surface area contributed by atoms with Crippen molar-refractivity contribution in [2.75, 3.05) is 32.8 Å². The van der Waals surface area contributed by atoms with Crippen molar-refractivity contribution in [3.63, 3.8) is 0 Å². The molecule has 142 valence electrons. The van der Waals surface area contributed by atoms with Gasteiger partial charge in [-0.05, 0) is 35.7 Å². The summed E-state index contributed by atoms with van der Waals surface area (Å²) < 4.78 is 5.95. The van der Waals surface area contributed by atoms with E-state index in [9.17, 15) is 4.79 Å². The van der Waals surface area contributed by atoms with Gasteiger partial charge in [-0.15, -0.1) is 0 Å². The summed E-state index contributed by atoms with van der Waals surface area (Å²) in [5.41, 5.74) is 3.40. The SMILES string of the molecule is O=C(c1ccc(Cl)c(Cl)c1)N1CCOC(CN2CCc3ccccc3C2)C1. The summed E-state index contributed by atoms with van der Waals surface area (Å²) in [5.74, 6) is -0.0224. The minimum Gasteiger partial charge on any atom is -0.373 e. The van der Waals surface area contributed by atoms with Crippen molar-refractivity contribution in [3.05, 3.63) is 69.2 Å². The molecule has 0 spiro atoms. The van der Waals surface area contributed by atoms with Crippen LogP contribution in [0.2, 0.25) is 10.0 Å². The van der Waals surface area contributed by atoms with E-state index in [1.165, 1.54) is 11.1 Å². The second-order valence-corrected chi connectivity index (χ2v) is 7.94. The number of carbonyl (C=O) groups is 1. The van der Waals surface area contributed by atoms with Crippen molar-refractivity contribution in [3.8, 4) is 0 Å². The molecule has 0 radical (unpaired) electrons. The van der Waals surface area contributed by atoms with E-state index in [0.29, 0.717) is 35.3 Å². The van der Waals surface area contributed by atoms with Crippen LogP contribution in [0.5, 0.6) is 0 Å². The largest absolute Gasteiger partial charge is 0.373 e. The zero-order valence-corrected chi connectivity index (χ0v) is 16.5. The van der Waals surface area contributed by atoms with Gasteiger partial charge in [0.05, 0.1) is 22.8 Å². The summed E-state index contributed by atoms with van der Waals surface area (Å²) in [4.78, 5) is 17.1. The van der Waals surface area contributed by atoms with Gasteiger partial charge in [0.2, 0.25) is 0 Å². The Hall–Kier alpha value is -1.59. The Labute approximate surface area is 169 Å². The molecule has 0 aliphatic carbocycles. The molecular weight excluding hydrogens is 383 g/mol. The molecule has 0 N–H and O–H groups in total. The molecule has 6 heteroatoms. The molecule has 27 heavy (non-hydrogen) atoms. The topological polar surface area (TPSA) is 32.8 Å². The molecule has 1 unspecified atom stereocenters. The van der Waals surface area contributed by atoms with Crippen LogP contribution in [0.4, 0.5) is 0 Å². The Morgan fingerprint density at radius 3 is 2.70 bits per heavy atom. The van der Waals surface area contributed by atoms with Crippen LogP contribution in [0.1, 0.15) is 21.5 Å². The van der Waals surface area contributed by atoms with Crippen molar-refractivity contribution in [2.45, 2.75) is 19.1 Å². The molecule has 2 aromatic rings. The average Bonchev–Trinajstić information content (AvgIpc) is 2.69. The molecule has 2 heterocycles. The Bertz CT molecular complexity index is 843. The van der Waals surface area contributed by atoms with Crippen LogP contribution in [0.3, 0.4) is 0 Å². The Morgan fingerprint density at radius 1 is 1.07 bits per heavy atom. The number of hydrogen-bond acceptors (Lipinski definition) is 3. The second-order valence-electron chi connectivity index (χ2n) is 7.13. The van der Waals surface area contributed by atoms with Gasteiger partial charge in [0.1, 0.15) is 0 Å². The van der Waals surface area contributed by atoms with Crippen molar-refractivity contribution in [2.24, 2.45) is 0 Å². The van der Waals surface area contributed by atoms with Crippen molar-refractivity contribution < 1.29 is 9.53 Å². The van der Waals surface area contributed by atoms with Crippen LogP contribution >= 0.6 is 23.2 Å². The molecule has 4 rings (SSSR count). The van der Waals surface area contributed by atoms with Crippen LogP contribution in [-0.2, 0) is 17.7 Å². The summed E-state index contributed by atoms with van der Waals surface area (Å²) in [6.45, 7) is 4.55. The van der Waals surface area contributed by atoms with Crippen LogP contribution in [0.25, 0.3) is 0 Å². The van der Waals surface area contributed by atoms with E-state index in [1.54, 1.807) is 18.2 Å². The number of ether oxygens (including phenoxy) is 1. The van der Waals surface area contributed by atoms with Crippen LogP contribution < -0.4 is 0 Å². The Kier molecular flexibility index (Phi) is 5.69. The van der Waals surface area contributed by atoms with Gasteiger partial charge in [-0.3, -0.25) is 9.69 Å². The number of benzene rings is 2. The predicted octanol–water partition coefficient (Wildman–Crippen LogP) is 3.89. The third-order valence-corrected chi connectivity index (χ3v) is 6.00. The Balaban J connectivity index is 1.38. The normalized spacial score (nSPS) is 20.4. The molecule has 2 aliphatic rings. The third kappa shape index (κ3) is 4.30. The van der Waals surface area contributed by atoms with E-state index >= 15 is 0 Å². The lowest BCUT2D eigenvalue weighted by molar-refractivity contribution is -0.0374. The monoisotopic (exact) mass is 404 g/mol. The lowest BCUT2D eigenvalue weighted by atomic mass is 9.99. The van der Waals surface area contributed by atoms with Crippen molar-refractivity contribution in [1.29, 1.82) is 0 Å². The molecule has 0 aromatic heterocycles. The fourth-order valence-corrected chi connectivity index (χ4v) is 4.12. The maximum Gasteiger partial charge on any atom is 0.254 e. The molecule has 1 saturated heterocycles. The third-order valence-electron chi connectivity index (χ3n) is 5.26. The van der Waals surface area contributed by atoms with Gasteiger partial charge in [-0.2, -0.15) is 0 Å². The summed E-state index contributed by atoms with van der Waals surface area (Å²) in [6.07, 6.45) is 1.09. The molecular formula is C21H22Cl2N2O2. The molecule has 1 fully saturated rings. The van der Waals surface area contributed by atoms with E-state index < -0.39 is 0 Å². The molecule has 1 atom stereocenters. The summed E-state index contributed by atoms with van der Waals surface area (Å²) in [6, 6.07) is 13.6. The average molecular weight is 405 g/mol. The Morgan fingerprint density at radius 2 is 1.89 bits per heavy atom. The summed E-state index contributed by atoms with van der Waals surface area (Å²) in [7, 11) is 0. The standard InChI is InChI=1S/C21H22Cl2N2O2/c22-19-6-5-16(11-20(19)23)21(26)25-9-10-27-18(14-25)13-24-8-7-15-3-1-2-4-17(15)12-24/h1-6,11,18H,7-10,12-14H2. The van der Waals surface area contributed by atoms with Gasteiger partial charge in [-0.1, -0.05) is 47.5 Å². The minimum absolute atomic E-state index is 0.0224. The van der Waals surface area contributed by atoms with Crippen molar-refractivity contribution in [1.82, 2.24) is 9.80 Å². The molecule has 0 bridgehead atoms. The lowest BCUT2D eigenvalue weighted by Gasteiger charge is -2.37. The predicted molar refractivity (Wildman–Crippen MR) is 108 cm³/mol. The molecule has 1 amide bonds. The number of fused-ring (bicyclic) bond motifs is 1. The van der Waals surface area contributed by atoms with Gasteiger partial charge < -0.3 is 9.64 Å². The van der Waals surface area contributed by atoms with Crippen molar-refractivity contribution >= 4 is 29.1 Å². The second kappa shape index (κ2) is 8.19. The molecule has 4 nitrogen and oxygen atoms in total. The number of nitrogens with zero attached hydrogens (tertiary/aromatic N) is 2. The first-order chi connectivity index (χ1) is 13.1. The molecule has 2 aliphatic heterocycles. The van der Waals surface area contributed by atoms with Gasteiger partial charge in [0.15, 0.2) is 0 Å². The number of halogens is 2. The molecule has 2 aromatic carbocycles. The number of carbonyl (C=O) groups excluding carboxylic acids is 1. The van der Waals surface area contributed by atoms with E-state index in [1.807, 2.05) is 4.90 Å². The van der Waals surface area contributed by atoms with Crippen LogP contribution in [-0.4, -0.2) is 54.6 Å². The first-order valence-corrected chi connectivity index (χ1v) is 10.0. The summed E-state index contributed by atoms with van der Waals surface area (Å²) in [5, 5.41) is 0.859. The zero-order valence-electron chi connectivity index (χ0n) is 15.0. The number of amides is 1. The van der Waals surface area contributed by atoms with Gasteiger partial charge in [0, 0.05) is 38.3 Å². The smallest absolute Gasteiger partial charge is 0.254 e. The van der Waals surface area contributed by atoms with Gasteiger partial charge >= 0.3 is 0 Å². The zero-order chi connectivity index (χ0) is 18.8. The minimum atomic E-state index is -0.0224. The number of rotatable bonds is 3. The highest BCUT2D eigenvalue weighted by molar-refractivity contribution is 6.42. The maximum absolute atomic E-state index is 12.8. The van der Waals surface area contributed by atoms with E-state index in [4.69, 9.17) is 27.9 Å². The lowest BCUT2D eigenvalue weighted by Crippen LogP contribution is -2.50. The van der Waals surface area contributed by atoms with Crippen LogP contribution in [0.15, 0.2) is 42.5 Å². The summed E-state index contributed by atoms with van der Waals surface area (Å²) >= 11 is 12.0. The first kappa shape index (κ1) is 18.8. The van der Waals surface area contributed by atoms with E-state index in [-0.39, 0.29) is 12.0 Å². The van der Waals surface area contributed by atoms with Gasteiger partial charge in [0.25, 0.3) is 5.91 Å². The fraction of sp³-hybridized carbons (Fsp3) is 0.381. The number of hydrogen-bond donors (Lipinski definition) is 0. The fourth-order valence-electron chi connectivity index (χ4n) is 3.82. The number of morpholine rings is 1. The highest BCUT2D eigenvalue weighted by Gasteiger charge is 2.28. The van der Waals surface area contributed by atoms with Gasteiger partial charge in [-0.25, -0.2) is 0 Å². The van der Waals surface area contributed by atoms with E-state index in [2.05, 4.69) is 29.2 Å². The first-order valence-electron chi connectivity index (χ1n) is 9.25. The van der Waals surface area contributed by atoms with Crippen LogP contribution in [0, 0.1) is 0 Å². The highest BCUT2D eigenvalue weighted by Crippen LogP contribution is 2.24.